The van der Waals surface area contributed by atoms with Crippen molar-refractivity contribution in [1.29, 1.82) is 0 Å². The zero-order chi connectivity index (χ0) is 28.3. The van der Waals surface area contributed by atoms with Crippen molar-refractivity contribution >= 4 is 16.8 Å². The van der Waals surface area contributed by atoms with Gasteiger partial charge in [-0.25, -0.2) is 4.39 Å². The number of alkyl halides is 3. The van der Waals surface area contributed by atoms with Gasteiger partial charge in [0.05, 0.1) is 16.7 Å². The van der Waals surface area contributed by atoms with Crippen molar-refractivity contribution in [3.05, 3.63) is 107 Å². The van der Waals surface area contributed by atoms with Crippen LogP contribution in [0.25, 0.3) is 10.9 Å². The van der Waals surface area contributed by atoms with E-state index < -0.39 is 34.6 Å². The molecule has 0 bridgehead atoms. The molecule has 4 aromatic rings. The first-order valence-corrected chi connectivity index (χ1v) is 13.6. The molecular formula is C32H31F4N3O. The summed E-state index contributed by atoms with van der Waals surface area (Å²) in [5, 5.41) is 1.08. The van der Waals surface area contributed by atoms with Crippen LogP contribution in [0.2, 0.25) is 0 Å². The largest absolute Gasteiger partial charge is 0.416 e. The first-order valence-electron chi connectivity index (χ1n) is 13.6. The Kier molecular flexibility index (Phi) is 6.29. The summed E-state index contributed by atoms with van der Waals surface area (Å²) in [5.74, 6) is -1.65. The van der Waals surface area contributed by atoms with Crippen molar-refractivity contribution in [3.8, 4) is 0 Å². The Morgan fingerprint density at radius 3 is 2.27 bits per heavy atom. The van der Waals surface area contributed by atoms with Crippen LogP contribution in [0.5, 0.6) is 0 Å². The third kappa shape index (κ3) is 4.03. The molecule has 0 unspecified atom stereocenters. The highest BCUT2D eigenvalue weighted by molar-refractivity contribution is 5.96. The van der Waals surface area contributed by atoms with Crippen molar-refractivity contribution in [2.45, 2.75) is 49.4 Å². The van der Waals surface area contributed by atoms with E-state index in [1.807, 2.05) is 36.4 Å². The summed E-state index contributed by atoms with van der Waals surface area (Å²) in [6, 6.07) is 20.3. The van der Waals surface area contributed by atoms with Crippen LogP contribution in [0.1, 0.15) is 58.4 Å². The van der Waals surface area contributed by atoms with Gasteiger partial charge in [-0.05, 0) is 81.6 Å². The fourth-order valence-electron chi connectivity index (χ4n) is 7.08. The SMILES string of the molecule is CN(C)C1(c2ccccc2)CCC2(CC1)c1[nH]c3ccccc3c1CCN2C(=O)c1cc(C(F)(F)F)ccc1F. The number of rotatable bonds is 3. The number of hydrogen-bond acceptors (Lipinski definition) is 2. The van der Waals surface area contributed by atoms with Crippen LogP contribution in [-0.4, -0.2) is 41.3 Å². The Bertz CT molecular complexity index is 1570. The predicted molar refractivity (Wildman–Crippen MR) is 146 cm³/mol. The van der Waals surface area contributed by atoms with Gasteiger partial charge in [-0.3, -0.25) is 9.69 Å². The molecule has 3 aromatic carbocycles. The number of H-pyrrole nitrogens is 1. The minimum Gasteiger partial charge on any atom is -0.356 e. The monoisotopic (exact) mass is 549 g/mol. The molecule has 1 spiro atoms. The zero-order valence-corrected chi connectivity index (χ0v) is 22.5. The van der Waals surface area contributed by atoms with Gasteiger partial charge in [0.15, 0.2) is 0 Å². The molecule has 208 valence electrons. The van der Waals surface area contributed by atoms with E-state index in [1.54, 1.807) is 4.90 Å². The fraction of sp³-hybridized carbons (Fsp3) is 0.344. The van der Waals surface area contributed by atoms with Crippen LogP contribution in [-0.2, 0) is 23.7 Å². The molecule has 1 saturated carbocycles. The van der Waals surface area contributed by atoms with E-state index in [9.17, 15) is 18.0 Å². The predicted octanol–water partition coefficient (Wildman–Crippen LogP) is 7.25. The topological polar surface area (TPSA) is 39.3 Å². The highest BCUT2D eigenvalue weighted by Gasteiger charge is 2.53. The Morgan fingerprint density at radius 1 is 0.925 bits per heavy atom. The number of nitrogens with zero attached hydrogens (tertiary/aromatic N) is 2. The molecule has 1 fully saturated rings. The van der Waals surface area contributed by atoms with E-state index in [2.05, 4.69) is 42.2 Å². The van der Waals surface area contributed by atoms with Crippen molar-refractivity contribution in [1.82, 2.24) is 14.8 Å². The normalized spacial score (nSPS) is 23.1. The first-order chi connectivity index (χ1) is 19.1. The van der Waals surface area contributed by atoms with Gasteiger partial charge in [0.1, 0.15) is 5.82 Å². The Hall–Kier alpha value is -3.65. The van der Waals surface area contributed by atoms with Gasteiger partial charge in [-0.1, -0.05) is 48.5 Å². The van der Waals surface area contributed by atoms with Gasteiger partial charge < -0.3 is 9.88 Å². The van der Waals surface area contributed by atoms with Gasteiger partial charge >= 0.3 is 6.18 Å². The smallest absolute Gasteiger partial charge is 0.356 e. The van der Waals surface area contributed by atoms with Crippen LogP contribution in [0.3, 0.4) is 0 Å². The maximum Gasteiger partial charge on any atom is 0.416 e. The molecule has 4 nitrogen and oxygen atoms in total. The van der Waals surface area contributed by atoms with Gasteiger partial charge in [-0.2, -0.15) is 13.2 Å². The number of amides is 1. The summed E-state index contributed by atoms with van der Waals surface area (Å²) in [5.41, 5.74) is 1.53. The lowest BCUT2D eigenvalue weighted by atomic mass is 9.65. The summed E-state index contributed by atoms with van der Waals surface area (Å²) in [4.78, 5) is 21.5. The summed E-state index contributed by atoms with van der Waals surface area (Å²) in [6.45, 7) is 0.295. The van der Waals surface area contributed by atoms with Gasteiger partial charge in [0.2, 0.25) is 0 Å². The second-order valence-corrected chi connectivity index (χ2v) is 11.2. The summed E-state index contributed by atoms with van der Waals surface area (Å²) >= 11 is 0. The average molecular weight is 550 g/mol. The zero-order valence-electron chi connectivity index (χ0n) is 22.5. The molecular weight excluding hydrogens is 518 g/mol. The van der Waals surface area contributed by atoms with Crippen LogP contribution in [0.15, 0.2) is 72.8 Å². The lowest BCUT2D eigenvalue weighted by Crippen LogP contribution is -2.58. The van der Waals surface area contributed by atoms with Gasteiger partial charge in [0, 0.05) is 28.7 Å². The number of hydrogen-bond donors (Lipinski definition) is 1. The Labute approximate surface area is 230 Å². The van der Waals surface area contributed by atoms with Crippen molar-refractivity contribution in [3.63, 3.8) is 0 Å². The molecule has 1 N–H and O–H groups in total. The Balaban J connectivity index is 1.48. The van der Waals surface area contributed by atoms with E-state index >= 15 is 4.39 Å². The third-order valence-electron chi connectivity index (χ3n) is 9.22. The molecule has 1 aromatic heterocycles. The Morgan fingerprint density at radius 2 is 1.60 bits per heavy atom. The van der Waals surface area contributed by atoms with E-state index in [0.29, 0.717) is 50.8 Å². The number of nitrogens with one attached hydrogen (secondary N) is 1. The first kappa shape index (κ1) is 26.6. The molecule has 1 amide bonds. The van der Waals surface area contributed by atoms with E-state index in [0.717, 1.165) is 28.2 Å². The summed E-state index contributed by atoms with van der Waals surface area (Å²) < 4.78 is 55.6. The van der Waals surface area contributed by atoms with Crippen LogP contribution in [0, 0.1) is 5.82 Å². The number of benzene rings is 3. The number of halogens is 4. The van der Waals surface area contributed by atoms with Crippen molar-refractivity contribution in [2.75, 3.05) is 20.6 Å². The van der Waals surface area contributed by atoms with E-state index in [1.165, 1.54) is 5.56 Å². The standard InChI is InChI=1S/C32H31F4N3O/c1-38(2)30(21-8-4-3-5-9-21)15-17-31(18-16-30)28-24(23-10-6-7-11-27(23)37-28)14-19-39(31)29(40)25-20-22(32(34,35)36)12-13-26(25)33/h3-13,20,37H,14-19H2,1-2H3. The van der Waals surface area contributed by atoms with Gasteiger partial charge in [-0.15, -0.1) is 0 Å². The van der Waals surface area contributed by atoms with E-state index in [-0.39, 0.29) is 5.54 Å². The number of fused-ring (bicyclic) bond motifs is 4. The van der Waals surface area contributed by atoms with Crippen LogP contribution >= 0.6 is 0 Å². The van der Waals surface area contributed by atoms with Crippen molar-refractivity contribution in [2.24, 2.45) is 0 Å². The van der Waals surface area contributed by atoms with Crippen LogP contribution in [0.4, 0.5) is 17.6 Å². The number of para-hydroxylation sites is 1. The molecule has 2 heterocycles. The lowest BCUT2D eigenvalue weighted by Gasteiger charge is -2.55. The number of aromatic amines is 1. The molecule has 1 aliphatic carbocycles. The second kappa shape index (κ2) is 9.47. The molecule has 1 aliphatic heterocycles. The summed E-state index contributed by atoms with van der Waals surface area (Å²) in [6.07, 6.45) is -1.57. The maximum absolute atomic E-state index is 15.0. The summed E-state index contributed by atoms with van der Waals surface area (Å²) in [7, 11) is 4.11. The van der Waals surface area contributed by atoms with Crippen LogP contribution < -0.4 is 0 Å². The molecule has 0 atom stereocenters. The average Bonchev–Trinajstić information content (AvgIpc) is 3.33. The maximum atomic E-state index is 15.0. The minimum atomic E-state index is -4.68. The highest BCUT2D eigenvalue weighted by atomic mass is 19.4. The number of aromatic nitrogens is 1. The number of carbonyl (C=O) groups is 1. The molecule has 40 heavy (non-hydrogen) atoms. The molecule has 8 heteroatoms. The molecule has 0 radical (unpaired) electrons. The quantitative estimate of drug-likeness (QED) is 0.274. The molecule has 6 rings (SSSR count). The molecule has 0 saturated heterocycles. The number of carbonyl (C=O) groups excluding carboxylic acids is 1. The van der Waals surface area contributed by atoms with Gasteiger partial charge in [0.25, 0.3) is 5.91 Å². The second-order valence-electron chi connectivity index (χ2n) is 11.2. The lowest BCUT2D eigenvalue weighted by molar-refractivity contribution is -0.137. The minimum absolute atomic E-state index is 0.272. The van der Waals surface area contributed by atoms with Crippen molar-refractivity contribution < 1.29 is 22.4 Å². The third-order valence-corrected chi connectivity index (χ3v) is 9.22. The molecule has 2 aliphatic rings. The highest BCUT2D eigenvalue weighted by Crippen LogP contribution is 2.54. The fourth-order valence-corrected chi connectivity index (χ4v) is 7.08. The van der Waals surface area contributed by atoms with E-state index in [4.69, 9.17) is 0 Å².